The summed E-state index contributed by atoms with van der Waals surface area (Å²) >= 11 is 0. The number of nitrogens with zero attached hydrogens (tertiary/aromatic N) is 4. The molecule has 0 aliphatic rings. The molecule has 14 heteroatoms. The number of rotatable bonds is 34. The molecule has 1 N–H and O–H groups in total. The number of sulfonamides is 2. The van der Waals surface area contributed by atoms with Crippen LogP contribution in [0.2, 0.25) is 0 Å². The topological polar surface area (TPSA) is 136 Å². The number of benzene rings is 5. The zero-order valence-electron chi connectivity index (χ0n) is 44.6. The van der Waals surface area contributed by atoms with Gasteiger partial charge in [-0.25, -0.2) is 16.8 Å². The SMILES string of the molecule is CCCCCN(CCCCC)S(=O)(=O)c1ccc(N(CCCC)c2ccc(C(c3ccc(N(CCCC)c4ccc(S(=O)(=O)N(CCCCC)CCCCC)cc4)cc3)c3ccccc3S(=O)(=O)O)cc2)cc1. The van der Waals surface area contributed by atoms with Gasteiger partial charge in [0, 0.05) is 67.9 Å². The molecule has 5 aromatic carbocycles. The minimum absolute atomic E-state index is 0.170. The fourth-order valence-corrected chi connectivity index (χ4v) is 13.2. The highest BCUT2D eigenvalue weighted by molar-refractivity contribution is 7.89. The number of hydrogen-bond donors (Lipinski definition) is 1. The second-order valence-corrected chi connectivity index (χ2v) is 24.5. The van der Waals surface area contributed by atoms with E-state index >= 15 is 0 Å². The molecule has 0 amide bonds. The molecule has 0 bridgehead atoms. The molecule has 0 aliphatic carbocycles. The van der Waals surface area contributed by atoms with E-state index in [-0.39, 0.29) is 14.7 Å². The van der Waals surface area contributed by atoms with E-state index in [0.717, 1.165) is 137 Å². The van der Waals surface area contributed by atoms with Crippen molar-refractivity contribution in [1.29, 1.82) is 0 Å². The molecular formula is C59H84N4O7S3. The van der Waals surface area contributed by atoms with Gasteiger partial charge in [-0.05, 0) is 134 Å². The van der Waals surface area contributed by atoms with Gasteiger partial charge in [0.2, 0.25) is 20.0 Å². The van der Waals surface area contributed by atoms with E-state index in [4.69, 9.17) is 0 Å². The number of hydrogen-bond acceptors (Lipinski definition) is 8. The summed E-state index contributed by atoms with van der Waals surface area (Å²) < 4.78 is 95.7. The van der Waals surface area contributed by atoms with Gasteiger partial charge in [-0.3, -0.25) is 4.55 Å². The van der Waals surface area contributed by atoms with Crippen molar-refractivity contribution < 1.29 is 29.8 Å². The highest BCUT2D eigenvalue weighted by atomic mass is 32.2. The Morgan fingerprint density at radius 3 is 0.973 bits per heavy atom. The summed E-state index contributed by atoms with van der Waals surface area (Å²) in [5.74, 6) is -0.585. The summed E-state index contributed by atoms with van der Waals surface area (Å²) in [4.78, 5) is 4.77. The molecule has 0 heterocycles. The predicted molar refractivity (Wildman–Crippen MR) is 302 cm³/mol. The molecule has 0 aromatic heterocycles. The van der Waals surface area contributed by atoms with Gasteiger partial charge in [0.15, 0.2) is 0 Å². The van der Waals surface area contributed by atoms with Gasteiger partial charge in [-0.1, -0.05) is 148 Å². The number of anilines is 4. The van der Waals surface area contributed by atoms with Gasteiger partial charge < -0.3 is 9.80 Å². The summed E-state index contributed by atoms with van der Waals surface area (Å²) in [6.07, 6.45) is 15.0. The van der Waals surface area contributed by atoms with Crippen LogP contribution in [-0.2, 0) is 30.2 Å². The molecular weight excluding hydrogens is 973 g/mol. The fourth-order valence-electron chi connectivity index (χ4n) is 9.40. The van der Waals surface area contributed by atoms with Crippen LogP contribution in [0.15, 0.2) is 136 Å². The molecule has 0 atom stereocenters. The minimum atomic E-state index is -4.60. The zero-order chi connectivity index (χ0) is 52.9. The Kier molecular flexibility index (Phi) is 24.0. The van der Waals surface area contributed by atoms with Crippen LogP contribution in [0.3, 0.4) is 0 Å². The molecule has 400 valence electrons. The van der Waals surface area contributed by atoms with Gasteiger partial charge in [-0.15, -0.1) is 0 Å². The predicted octanol–water partition coefficient (Wildman–Crippen LogP) is 14.7. The monoisotopic (exact) mass is 1060 g/mol. The third kappa shape index (κ3) is 16.5. The summed E-state index contributed by atoms with van der Waals surface area (Å²) in [6, 6.07) is 37.0. The first-order chi connectivity index (χ1) is 35.2. The molecule has 0 radical (unpaired) electrons. The molecule has 0 unspecified atom stereocenters. The van der Waals surface area contributed by atoms with Gasteiger partial charge in [-0.2, -0.15) is 17.0 Å². The van der Waals surface area contributed by atoms with E-state index in [1.807, 2.05) is 72.8 Å². The van der Waals surface area contributed by atoms with Crippen LogP contribution in [0.5, 0.6) is 0 Å². The fraction of sp³-hybridized carbons (Fsp3) is 0.492. The smallest absolute Gasteiger partial charge is 0.294 e. The van der Waals surface area contributed by atoms with Crippen LogP contribution in [0.25, 0.3) is 0 Å². The van der Waals surface area contributed by atoms with Crippen LogP contribution >= 0.6 is 0 Å². The van der Waals surface area contributed by atoms with Crippen LogP contribution in [0, 0.1) is 0 Å². The Labute approximate surface area is 440 Å². The van der Waals surface area contributed by atoms with Crippen LogP contribution in [0.4, 0.5) is 22.7 Å². The quantitative estimate of drug-likeness (QED) is 0.0243. The Morgan fingerprint density at radius 2 is 0.671 bits per heavy atom. The lowest BCUT2D eigenvalue weighted by molar-refractivity contribution is 0.388. The molecule has 0 fully saturated rings. The first kappa shape index (κ1) is 59.3. The van der Waals surface area contributed by atoms with Crippen molar-refractivity contribution in [2.45, 2.75) is 165 Å². The van der Waals surface area contributed by atoms with Crippen molar-refractivity contribution >= 4 is 52.9 Å². The Balaban J connectivity index is 1.49. The van der Waals surface area contributed by atoms with Crippen molar-refractivity contribution in [3.05, 3.63) is 138 Å². The zero-order valence-corrected chi connectivity index (χ0v) is 47.0. The van der Waals surface area contributed by atoms with Crippen molar-refractivity contribution in [2.24, 2.45) is 0 Å². The van der Waals surface area contributed by atoms with Gasteiger partial charge in [0.25, 0.3) is 10.1 Å². The Bertz CT molecular complexity index is 2560. The van der Waals surface area contributed by atoms with E-state index < -0.39 is 36.1 Å². The first-order valence-corrected chi connectivity index (χ1v) is 31.5. The second-order valence-electron chi connectivity index (χ2n) is 19.3. The maximum Gasteiger partial charge on any atom is 0.294 e. The standard InChI is InChI=1S/C59H84N4O7S3/c1-7-13-21-43-60(44-22-14-8-2)71(64,65)55-39-35-53(36-40-55)62(47-17-11-5)51-31-27-49(28-32-51)59(57-25-19-20-26-58(57)73(68,69)70)50-29-33-52(34-30-50)63(48-18-12-6)54-37-41-56(42-38-54)72(66,67)61(45-23-15-9-3)46-24-16-10-4/h19-20,25-42,59H,7-18,21-24,43-48H2,1-6H3,(H,68,69,70). The third-order valence-corrected chi connectivity index (χ3v) is 18.4. The normalized spacial score (nSPS) is 12.3. The molecule has 0 aliphatic heterocycles. The van der Waals surface area contributed by atoms with Crippen molar-refractivity contribution in [1.82, 2.24) is 8.61 Å². The molecule has 11 nitrogen and oxygen atoms in total. The number of unbranched alkanes of at least 4 members (excludes halogenated alkanes) is 10. The molecule has 0 spiro atoms. The highest BCUT2D eigenvalue weighted by Crippen LogP contribution is 2.39. The van der Waals surface area contributed by atoms with Gasteiger partial charge in [0.1, 0.15) is 0 Å². The average molecular weight is 1060 g/mol. The summed E-state index contributed by atoms with van der Waals surface area (Å²) in [5.41, 5.74) is 5.59. The van der Waals surface area contributed by atoms with Crippen molar-refractivity contribution in [2.75, 3.05) is 49.1 Å². The van der Waals surface area contributed by atoms with Crippen LogP contribution in [-0.4, -0.2) is 77.7 Å². The van der Waals surface area contributed by atoms with Crippen molar-refractivity contribution in [3.63, 3.8) is 0 Å². The first-order valence-electron chi connectivity index (χ1n) is 27.2. The maximum atomic E-state index is 14.0. The minimum Gasteiger partial charge on any atom is -0.341 e. The molecule has 5 rings (SSSR count). The molecule has 73 heavy (non-hydrogen) atoms. The van der Waals surface area contributed by atoms with Gasteiger partial charge in [0.05, 0.1) is 14.7 Å². The molecule has 5 aromatic rings. The summed E-state index contributed by atoms with van der Waals surface area (Å²) in [6.45, 7) is 16.2. The lowest BCUT2D eigenvalue weighted by Gasteiger charge is -2.28. The Hall–Kier alpha value is -4.57. The van der Waals surface area contributed by atoms with Gasteiger partial charge >= 0.3 is 0 Å². The van der Waals surface area contributed by atoms with E-state index in [0.29, 0.717) is 44.8 Å². The third-order valence-electron chi connectivity index (χ3n) is 13.7. The van der Waals surface area contributed by atoms with E-state index in [2.05, 4.69) is 51.3 Å². The summed E-state index contributed by atoms with van der Waals surface area (Å²) in [7, 11) is -12.0. The second kappa shape index (κ2) is 29.5. The highest BCUT2D eigenvalue weighted by Gasteiger charge is 2.28. The van der Waals surface area contributed by atoms with E-state index in [1.54, 1.807) is 51.1 Å². The largest absolute Gasteiger partial charge is 0.341 e. The van der Waals surface area contributed by atoms with Crippen LogP contribution in [0.1, 0.15) is 167 Å². The maximum absolute atomic E-state index is 14.0. The lowest BCUT2D eigenvalue weighted by atomic mass is 9.85. The van der Waals surface area contributed by atoms with Crippen LogP contribution < -0.4 is 9.80 Å². The van der Waals surface area contributed by atoms with E-state index in [1.165, 1.54) is 6.07 Å². The van der Waals surface area contributed by atoms with E-state index in [9.17, 15) is 29.8 Å². The lowest BCUT2D eigenvalue weighted by Crippen LogP contribution is -2.33. The Morgan fingerprint density at radius 1 is 0.370 bits per heavy atom. The average Bonchev–Trinajstić information content (AvgIpc) is 3.39. The molecule has 0 saturated carbocycles. The summed E-state index contributed by atoms with van der Waals surface area (Å²) in [5, 5.41) is 0. The van der Waals surface area contributed by atoms with Crippen molar-refractivity contribution in [3.8, 4) is 0 Å². The molecule has 0 saturated heterocycles.